The molecule has 2 amide bonds. The number of hydrogen-bond acceptors (Lipinski definition) is 5. The Balaban J connectivity index is 1.85. The van der Waals surface area contributed by atoms with Crippen molar-refractivity contribution < 1.29 is 19.1 Å². The van der Waals surface area contributed by atoms with Crippen LogP contribution in [-0.4, -0.2) is 44.0 Å². The maximum Gasteiger partial charge on any atom is 0.282 e. The van der Waals surface area contributed by atoms with Crippen molar-refractivity contribution in [2.75, 3.05) is 32.2 Å². The highest BCUT2D eigenvalue weighted by molar-refractivity contribution is 6.45. The second kappa shape index (κ2) is 8.93. The highest BCUT2D eigenvalue weighted by atomic mass is 16.5. The van der Waals surface area contributed by atoms with Crippen molar-refractivity contribution in [1.82, 2.24) is 4.90 Å². The van der Waals surface area contributed by atoms with Crippen molar-refractivity contribution in [2.24, 2.45) is 11.8 Å². The first kappa shape index (κ1) is 22.9. The molecule has 2 atom stereocenters. The van der Waals surface area contributed by atoms with Gasteiger partial charge in [-0.25, -0.2) is 4.90 Å². The zero-order valence-electron chi connectivity index (χ0n) is 20.3. The van der Waals surface area contributed by atoms with Crippen LogP contribution in [0.15, 0.2) is 42.1 Å². The van der Waals surface area contributed by atoms with Crippen LogP contribution in [0.1, 0.15) is 37.0 Å². The monoisotopic (exact) mass is 448 g/mol. The van der Waals surface area contributed by atoms with Crippen molar-refractivity contribution in [2.45, 2.75) is 34.1 Å². The van der Waals surface area contributed by atoms with E-state index in [0.29, 0.717) is 40.3 Å². The molecule has 0 radical (unpaired) electrons. The zero-order chi connectivity index (χ0) is 23.9. The zero-order valence-corrected chi connectivity index (χ0v) is 20.3. The second-order valence-electron chi connectivity index (χ2n) is 9.36. The third-order valence-corrected chi connectivity index (χ3v) is 6.67. The summed E-state index contributed by atoms with van der Waals surface area (Å²) in [4.78, 5) is 31.1. The molecule has 2 aliphatic rings. The number of ether oxygens (including phenoxy) is 2. The van der Waals surface area contributed by atoms with Crippen LogP contribution in [-0.2, 0) is 9.59 Å². The molecule has 0 saturated carbocycles. The lowest BCUT2D eigenvalue weighted by Crippen LogP contribution is -2.42. The summed E-state index contributed by atoms with van der Waals surface area (Å²) in [7, 11) is 3.09. The standard InChI is InChI=1S/C27H32N2O4/c1-16-11-17(2)15-28(14-16)25-24(20-8-7-18(3)19(4)12-20)26(30)29(27(25)31)21-9-10-22(32-5)23(13-21)33-6/h7-10,12-13,16-17H,11,14-15H2,1-6H3. The predicted octanol–water partition coefficient (Wildman–Crippen LogP) is 4.58. The van der Waals surface area contributed by atoms with E-state index in [0.717, 1.165) is 36.2 Å². The minimum Gasteiger partial charge on any atom is -0.493 e. The molecular formula is C27H32N2O4. The Labute approximate surface area is 195 Å². The summed E-state index contributed by atoms with van der Waals surface area (Å²) in [6, 6.07) is 11.1. The molecule has 6 nitrogen and oxygen atoms in total. The Bertz CT molecular complexity index is 1130. The average Bonchev–Trinajstić information content (AvgIpc) is 3.04. The van der Waals surface area contributed by atoms with E-state index < -0.39 is 0 Å². The van der Waals surface area contributed by atoms with Gasteiger partial charge in [-0.05, 0) is 60.9 Å². The summed E-state index contributed by atoms with van der Waals surface area (Å²) >= 11 is 0. The van der Waals surface area contributed by atoms with Gasteiger partial charge in [0.2, 0.25) is 0 Å². The number of carbonyl (C=O) groups excluding carboxylic acids is 2. The van der Waals surface area contributed by atoms with E-state index in [-0.39, 0.29) is 11.8 Å². The largest absolute Gasteiger partial charge is 0.493 e. The number of rotatable bonds is 5. The number of carbonyl (C=O) groups is 2. The lowest BCUT2D eigenvalue weighted by atomic mass is 9.90. The highest BCUT2D eigenvalue weighted by Crippen LogP contribution is 2.40. The normalized spacial score (nSPS) is 21.2. The molecular weight excluding hydrogens is 416 g/mol. The Morgan fingerprint density at radius 2 is 1.48 bits per heavy atom. The lowest BCUT2D eigenvalue weighted by molar-refractivity contribution is -0.120. The molecule has 4 rings (SSSR count). The van der Waals surface area contributed by atoms with Gasteiger partial charge in [0, 0.05) is 19.2 Å². The van der Waals surface area contributed by atoms with Crippen LogP contribution in [0, 0.1) is 25.7 Å². The van der Waals surface area contributed by atoms with Crippen molar-refractivity contribution in [1.29, 1.82) is 0 Å². The number of likely N-dealkylation sites (tertiary alicyclic amines) is 1. The molecule has 1 fully saturated rings. The minimum atomic E-state index is -0.309. The molecule has 0 aliphatic carbocycles. The predicted molar refractivity (Wildman–Crippen MR) is 129 cm³/mol. The molecule has 2 aromatic carbocycles. The molecule has 0 spiro atoms. The van der Waals surface area contributed by atoms with Crippen LogP contribution in [0.5, 0.6) is 11.5 Å². The van der Waals surface area contributed by atoms with Crippen LogP contribution in [0.3, 0.4) is 0 Å². The van der Waals surface area contributed by atoms with Gasteiger partial charge in [-0.1, -0.05) is 32.0 Å². The first-order valence-corrected chi connectivity index (χ1v) is 11.4. The van der Waals surface area contributed by atoms with E-state index in [1.54, 1.807) is 25.3 Å². The van der Waals surface area contributed by atoms with Gasteiger partial charge in [0.25, 0.3) is 11.8 Å². The minimum absolute atomic E-state index is 0.290. The van der Waals surface area contributed by atoms with Gasteiger partial charge in [0.05, 0.1) is 25.5 Å². The third kappa shape index (κ3) is 4.10. The topological polar surface area (TPSA) is 59.1 Å². The van der Waals surface area contributed by atoms with Crippen molar-refractivity contribution in [3.63, 3.8) is 0 Å². The molecule has 2 aromatic rings. The SMILES string of the molecule is COc1ccc(N2C(=O)C(c3ccc(C)c(C)c3)=C(N3CC(C)CC(C)C3)C2=O)cc1OC. The molecule has 2 aliphatic heterocycles. The molecule has 0 N–H and O–H groups in total. The first-order valence-electron chi connectivity index (χ1n) is 11.4. The third-order valence-electron chi connectivity index (χ3n) is 6.67. The van der Waals surface area contributed by atoms with Gasteiger partial charge in [0.15, 0.2) is 11.5 Å². The van der Waals surface area contributed by atoms with Crippen LogP contribution >= 0.6 is 0 Å². The van der Waals surface area contributed by atoms with Gasteiger partial charge >= 0.3 is 0 Å². The van der Waals surface area contributed by atoms with Crippen LogP contribution in [0.2, 0.25) is 0 Å². The van der Waals surface area contributed by atoms with E-state index in [9.17, 15) is 9.59 Å². The summed E-state index contributed by atoms with van der Waals surface area (Å²) in [5, 5.41) is 0. The average molecular weight is 449 g/mol. The van der Waals surface area contributed by atoms with E-state index in [2.05, 4.69) is 18.7 Å². The first-order chi connectivity index (χ1) is 15.7. The summed E-state index contributed by atoms with van der Waals surface area (Å²) in [6.45, 7) is 9.98. The Kier molecular flexibility index (Phi) is 6.19. The lowest BCUT2D eigenvalue weighted by Gasteiger charge is -2.37. The molecule has 2 heterocycles. The molecule has 6 heteroatoms. The fraction of sp³-hybridized carbons (Fsp3) is 0.407. The quantitative estimate of drug-likeness (QED) is 0.627. The van der Waals surface area contributed by atoms with Gasteiger partial charge in [-0.2, -0.15) is 0 Å². The van der Waals surface area contributed by atoms with Crippen LogP contribution < -0.4 is 14.4 Å². The van der Waals surface area contributed by atoms with Gasteiger partial charge in [0.1, 0.15) is 5.70 Å². The van der Waals surface area contributed by atoms with Crippen molar-refractivity contribution >= 4 is 23.1 Å². The summed E-state index contributed by atoms with van der Waals surface area (Å²) in [6.07, 6.45) is 1.12. The second-order valence-corrected chi connectivity index (χ2v) is 9.36. The van der Waals surface area contributed by atoms with Gasteiger partial charge < -0.3 is 14.4 Å². The molecule has 174 valence electrons. The number of imide groups is 1. The number of hydrogen-bond donors (Lipinski definition) is 0. The number of aryl methyl sites for hydroxylation is 2. The fourth-order valence-electron chi connectivity index (χ4n) is 5.01. The summed E-state index contributed by atoms with van der Waals surface area (Å²) in [5.41, 5.74) is 4.45. The van der Waals surface area contributed by atoms with E-state index in [1.807, 2.05) is 32.0 Å². The van der Waals surface area contributed by atoms with Crippen molar-refractivity contribution in [3.05, 3.63) is 58.8 Å². The molecule has 1 saturated heterocycles. The van der Waals surface area contributed by atoms with Gasteiger partial charge in [-0.15, -0.1) is 0 Å². The smallest absolute Gasteiger partial charge is 0.282 e. The van der Waals surface area contributed by atoms with Gasteiger partial charge in [-0.3, -0.25) is 9.59 Å². The summed E-state index contributed by atoms with van der Waals surface area (Å²) in [5.74, 6) is 1.30. The Hall–Kier alpha value is -3.28. The van der Waals surface area contributed by atoms with Crippen LogP contribution in [0.25, 0.3) is 5.57 Å². The fourth-order valence-corrected chi connectivity index (χ4v) is 5.01. The van der Waals surface area contributed by atoms with E-state index in [1.165, 1.54) is 12.0 Å². The summed E-state index contributed by atoms with van der Waals surface area (Å²) < 4.78 is 10.8. The van der Waals surface area contributed by atoms with E-state index in [4.69, 9.17) is 9.47 Å². The van der Waals surface area contributed by atoms with Crippen molar-refractivity contribution in [3.8, 4) is 11.5 Å². The Morgan fingerprint density at radius 3 is 2.09 bits per heavy atom. The Morgan fingerprint density at radius 1 is 0.818 bits per heavy atom. The maximum absolute atomic E-state index is 13.9. The highest BCUT2D eigenvalue weighted by Gasteiger charge is 2.44. The number of amides is 2. The van der Waals surface area contributed by atoms with Crippen LogP contribution in [0.4, 0.5) is 5.69 Å². The number of benzene rings is 2. The number of piperidine rings is 1. The van der Waals surface area contributed by atoms with E-state index >= 15 is 0 Å². The molecule has 33 heavy (non-hydrogen) atoms. The number of anilines is 1. The molecule has 2 unspecified atom stereocenters. The molecule has 0 aromatic heterocycles. The number of methoxy groups -OCH3 is 2. The maximum atomic E-state index is 13.9. The number of nitrogens with zero attached hydrogens (tertiary/aromatic N) is 2. The molecule has 0 bridgehead atoms.